The van der Waals surface area contributed by atoms with Gasteiger partial charge in [-0.25, -0.2) is 0 Å². The normalized spacial score (nSPS) is 10.1. The van der Waals surface area contributed by atoms with Gasteiger partial charge in [0.15, 0.2) is 0 Å². The van der Waals surface area contributed by atoms with E-state index < -0.39 is 11.8 Å². The molecule has 0 saturated carbocycles. The number of hydrogen-bond acceptors (Lipinski definition) is 4. The maximum absolute atomic E-state index is 11.5. The topological polar surface area (TPSA) is 78.7 Å². The van der Waals surface area contributed by atoms with Crippen LogP contribution in [0.2, 0.25) is 0 Å². The number of carbonyl (C=O) groups is 2. The van der Waals surface area contributed by atoms with Crippen molar-refractivity contribution in [2.45, 2.75) is 6.42 Å². The molecule has 0 aromatic carbocycles. The van der Waals surface area contributed by atoms with Gasteiger partial charge in [0, 0.05) is 13.6 Å². The molecular formula is C10H20N4O2S. The number of hydrogen-bond donors (Lipinski definition) is 2. The van der Waals surface area contributed by atoms with Crippen LogP contribution < -0.4 is 11.1 Å². The van der Waals surface area contributed by atoms with Gasteiger partial charge in [0.2, 0.25) is 0 Å². The van der Waals surface area contributed by atoms with E-state index in [9.17, 15) is 9.59 Å². The molecule has 0 atom stereocenters. The molecule has 2 amide bonds. The van der Waals surface area contributed by atoms with Gasteiger partial charge in [-0.15, -0.1) is 0 Å². The Morgan fingerprint density at radius 1 is 1.24 bits per heavy atom. The minimum Gasteiger partial charge on any atom is -0.392 e. The van der Waals surface area contributed by atoms with E-state index in [1.54, 1.807) is 7.05 Å². The minimum absolute atomic E-state index is 0.0471. The van der Waals surface area contributed by atoms with Crippen LogP contribution in [0, 0.1) is 0 Å². The average Bonchev–Trinajstić information content (AvgIpc) is 2.24. The largest absolute Gasteiger partial charge is 0.392 e. The number of nitrogens with two attached hydrogens (primary N) is 1. The lowest BCUT2D eigenvalue weighted by Crippen LogP contribution is -2.44. The number of nitrogens with zero attached hydrogens (tertiary/aromatic N) is 2. The zero-order valence-corrected chi connectivity index (χ0v) is 11.3. The molecule has 0 aromatic heterocycles. The van der Waals surface area contributed by atoms with Crippen molar-refractivity contribution in [2.24, 2.45) is 5.73 Å². The summed E-state index contributed by atoms with van der Waals surface area (Å²) in [6.07, 6.45) is 0.817. The summed E-state index contributed by atoms with van der Waals surface area (Å²) in [5, 5.41) is 2.36. The molecule has 0 aliphatic rings. The predicted molar refractivity (Wildman–Crippen MR) is 70.6 cm³/mol. The summed E-state index contributed by atoms with van der Waals surface area (Å²) >= 11 is 4.60. The predicted octanol–water partition coefficient (Wildman–Crippen LogP) is -1.20. The fraction of sp³-hybridized carbons (Fsp3) is 0.700. The Bertz CT molecular complexity index is 294. The first-order valence-corrected chi connectivity index (χ1v) is 5.71. The van der Waals surface area contributed by atoms with Crippen LogP contribution in [0.4, 0.5) is 0 Å². The highest BCUT2D eigenvalue weighted by Crippen LogP contribution is 1.91. The second-order valence-corrected chi connectivity index (χ2v) is 4.56. The molecule has 0 fully saturated rings. The lowest BCUT2D eigenvalue weighted by Gasteiger charge is -2.17. The van der Waals surface area contributed by atoms with Crippen LogP contribution in [0.3, 0.4) is 0 Å². The van der Waals surface area contributed by atoms with Crippen molar-refractivity contribution in [3.63, 3.8) is 0 Å². The van der Waals surface area contributed by atoms with E-state index in [1.807, 2.05) is 19.0 Å². The van der Waals surface area contributed by atoms with Crippen LogP contribution >= 0.6 is 12.2 Å². The highest BCUT2D eigenvalue weighted by molar-refractivity contribution is 7.80. The number of amides is 2. The Morgan fingerprint density at radius 2 is 1.82 bits per heavy atom. The third-order valence-corrected chi connectivity index (χ3v) is 2.21. The number of likely N-dealkylation sites (N-methyl/N-ethyl adjacent to an activating group) is 1. The van der Waals surface area contributed by atoms with E-state index in [-0.39, 0.29) is 11.5 Å². The zero-order chi connectivity index (χ0) is 13.4. The second-order valence-electron chi connectivity index (χ2n) is 4.03. The number of nitrogens with one attached hydrogen (secondary N) is 1. The molecule has 0 aromatic rings. The van der Waals surface area contributed by atoms with Gasteiger partial charge in [-0.2, -0.15) is 0 Å². The first kappa shape index (κ1) is 15.8. The summed E-state index contributed by atoms with van der Waals surface area (Å²) in [5.41, 5.74) is 5.22. The molecule has 6 nitrogen and oxygen atoms in total. The van der Waals surface area contributed by atoms with E-state index in [0.717, 1.165) is 13.0 Å². The van der Waals surface area contributed by atoms with Crippen LogP contribution in [0.1, 0.15) is 6.42 Å². The molecule has 0 radical (unpaired) electrons. The Kier molecular flexibility index (Phi) is 7.40. The highest BCUT2D eigenvalue weighted by Gasteiger charge is 2.17. The van der Waals surface area contributed by atoms with Gasteiger partial charge in [0.1, 0.15) is 0 Å². The van der Waals surface area contributed by atoms with Crippen LogP contribution in [0.5, 0.6) is 0 Å². The van der Waals surface area contributed by atoms with Crippen molar-refractivity contribution in [2.75, 3.05) is 40.8 Å². The fourth-order valence-corrected chi connectivity index (χ4v) is 1.21. The SMILES string of the molecule is CN(C)CCCN(C)C(=O)C(=O)NCC(N)=S. The Labute approximate surface area is 107 Å². The summed E-state index contributed by atoms with van der Waals surface area (Å²) < 4.78 is 0. The summed E-state index contributed by atoms with van der Waals surface area (Å²) in [6, 6.07) is 0. The molecule has 0 aliphatic heterocycles. The molecule has 0 rings (SSSR count). The fourth-order valence-electron chi connectivity index (χ4n) is 1.14. The van der Waals surface area contributed by atoms with Gasteiger partial charge < -0.3 is 20.9 Å². The Balaban J connectivity index is 3.94. The third kappa shape index (κ3) is 7.64. The third-order valence-electron chi connectivity index (χ3n) is 2.06. The number of rotatable bonds is 6. The Hall–Kier alpha value is -1.21. The second kappa shape index (κ2) is 7.97. The molecule has 0 heterocycles. The van der Waals surface area contributed by atoms with E-state index in [4.69, 9.17) is 5.73 Å². The number of thiocarbonyl (C=S) groups is 1. The Morgan fingerprint density at radius 3 is 2.29 bits per heavy atom. The molecule has 98 valence electrons. The first-order valence-electron chi connectivity index (χ1n) is 5.31. The van der Waals surface area contributed by atoms with Crippen molar-refractivity contribution in [1.29, 1.82) is 0 Å². The van der Waals surface area contributed by atoms with E-state index in [2.05, 4.69) is 17.5 Å². The molecule has 0 spiro atoms. The molecule has 7 heteroatoms. The van der Waals surface area contributed by atoms with Crippen LogP contribution in [0.25, 0.3) is 0 Å². The number of carbonyl (C=O) groups excluding carboxylic acids is 2. The van der Waals surface area contributed by atoms with E-state index in [0.29, 0.717) is 6.54 Å². The maximum atomic E-state index is 11.5. The monoisotopic (exact) mass is 260 g/mol. The summed E-state index contributed by atoms with van der Waals surface area (Å²) in [5.74, 6) is -1.25. The highest BCUT2D eigenvalue weighted by atomic mass is 32.1. The van der Waals surface area contributed by atoms with Gasteiger partial charge in [-0.05, 0) is 27.1 Å². The zero-order valence-electron chi connectivity index (χ0n) is 10.5. The van der Waals surface area contributed by atoms with Gasteiger partial charge >= 0.3 is 11.8 Å². The summed E-state index contributed by atoms with van der Waals surface area (Å²) in [4.78, 5) is 26.5. The van der Waals surface area contributed by atoms with Crippen molar-refractivity contribution >= 4 is 29.0 Å². The first-order chi connectivity index (χ1) is 7.84. The van der Waals surface area contributed by atoms with Gasteiger partial charge in [-0.1, -0.05) is 12.2 Å². The van der Waals surface area contributed by atoms with Crippen molar-refractivity contribution in [3.8, 4) is 0 Å². The van der Waals surface area contributed by atoms with Crippen molar-refractivity contribution in [1.82, 2.24) is 15.1 Å². The summed E-state index contributed by atoms with van der Waals surface area (Å²) in [7, 11) is 5.51. The van der Waals surface area contributed by atoms with Crippen LogP contribution in [-0.2, 0) is 9.59 Å². The molecule has 3 N–H and O–H groups in total. The van der Waals surface area contributed by atoms with Gasteiger partial charge in [0.25, 0.3) is 0 Å². The quantitative estimate of drug-likeness (QED) is 0.463. The van der Waals surface area contributed by atoms with Crippen LogP contribution in [0.15, 0.2) is 0 Å². The van der Waals surface area contributed by atoms with Gasteiger partial charge in [-0.3, -0.25) is 9.59 Å². The smallest absolute Gasteiger partial charge is 0.311 e. The van der Waals surface area contributed by atoms with Gasteiger partial charge in [0.05, 0.1) is 11.5 Å². The summed E-state index contributed by atoms with van der Waals surface area (Å²) in [6.45, 7) is 1.45. The lowest BCUT2D eigenvalue weighted by atomic mass is 10.3. The van der Waals surface area contributed by atoms with E-state index >= 15 is 0 Å². The maximum Gasteiger partial charge on any atom is 0.311 e. The minimum atomic E-state index is -0.676. The van der Waals surface area contributed by atoms with Crippen molar-refractivity contribution in [3.05, 3.63) is 0 Å². The average molecular weight is 260 g/mol. The molecule has 0 bridgehead atoms. The molecule has 0 unspecified atom stereocenters. The molecular weight excluding hydrogens is 240 g/mol. The van der Waals surface area contributed by atoms with Crippen LogP contribution in [-0.4, -0.2) is 67.4 Å². The molecule has 0 aliphatic carbocycles. The lowest BCUT2D eigenvalue weighted by molar-refractivity contribution is -0.144. The van der Waals surface area contributed by atoms with E-state index in [1.165, 1.54) is 4.90 Å². The molecule has 17 heavy (non-hydrogen) atoms. The molecule has 0 saturated heterocycles. The van der Waals surface area contributed by atoms with Crippen molar-refractivity contribution < 1.29 is 9.59 Å². The standard InChI is InChI=1S/C10H20N4O2S/c1-13(2)5-4-6-14(3)10(16)9(15)12-7-8(11)17/h4-7H2,1-3H3,(H2,11,17)(H,12,15).